The molecule has 0 bridgehead atoms. The largest absolute Gasteiger partial charge is 0.495 e. The van der Waals surface area contributed by atoms with Gasteiger partial charge < -0.3 is 9.64 Å². The smallest absolute Gasteiger partial charge is 0.142 e. The Morgan fingerprint density at radius 1 is 1.36 bits per heavy atom. The van der Waals surface area contributed by atoms with Crippen LogP contribution in [0.4, 0.5) is 5.69 Å². The minimum Gasteiger partial charge on any atom is -0.495 e. The van der Waals surface area contributed by atoms with Crippen LogP contribution >= 0.6 is 0 Å². The van der Waals surface area contributed by atoms with E-state index in [0.29, 0.717) is 6.04 Å². The van der Waals surface area contributed by atoms with Gasteiger partial charge in [0.15, 0.2) is 0 Å². The number of hydrogen-bond acceptors (Lipinski definition) is 2. The van der Waals surface area contributed by atoms with Crippen LogP contribution in [0.1, 0.15) is 19.8 Å². The van der Waals surface area contributed by atoms with Gasteiger partial charge in [0.1, 0.15) is 5.75 Å². The molecule has 2 heteroatoms. The molecule has 1 aromatic rings. The van der Waals surface area contributed by atoms with Gasteiger partial charge >= 0.3 is 0 Å². The van der Waals surface area contributed by atoms with E-state index in [9.17, 15) is 0 Å². The standard InChI is InChI=1S/C12H17NO/c1-10-6-5-9-13(10)11-7-3-4-8-12(11)14-2/h3-4,7-8,10H,5-6,9H2,1-2H3. The SMILES string of the molecule is COc1ccccc1N1CCCC1C. The maximum absolute atomic E-state index is 5.36. The first kappa shape index (κ1) is 9.38. The van der Waals surface area contributed by atoms with E-state index in [-0.39, 0.29) is 0 Å². The molecule has 1 heterocycles. The van der Waals surface area contributed by atoms with Crippen LogP contribution in [0.5, 0.6) is 5.75 Å². The summed E-state index contributed by atoms with van der Waals surface area (Å²) < 4.78 is 5.36. The molecule has 1 aliphatic heterocycles. The highest BCUT2D eigenvalue weighted by atomic mass is 16.5. The molecule has 2 nitrogen and oxygen atoms in total. The summed E-state index contributed by atoms with van der Waals surface area (Å²) in [5, 5.41) is 0. The molecule has 1 unspecified atom stereocenters. The maximum Gasteiger partial charge on any atom is 0.142 e. The Hall–Kier alpha value is -1.18. The molecule has 2 rings (SSSR count). The lowest BCUT2D eigenvalue weighted by molar-refractivity contribution is 0.414. The van der Waals surface area contributed by atoms with Crippen molar-refractivity contribution in [3.05, 3.63) is 24.3 Å². The van der Waals surface area contributed by atoms with E-state index in [1.165, 1.54) is 18.5 Å². The second kappa shape index (κ2) is 3.91. The van der Waals surface area contributed by atoms with E-state index >= 15 is 0 Å². The molecule has 1 aliphatic rings. The molecular formula is C12H17NO. The monoisotopic (exact) mass is 191 g/mol. The Balaban J connectivity index is 2.30. The Kier molecular flexibility index (Phi) is 2.62. The van der Waals surface area contributed by atoms with Gasteiger partial charge in [0.2, 0.25) is 0 Å². The van der Waals surface area contributed by atoms with Crippen molar-refractivity contribution >= 4 is 5.69 Å². The lowest BCUT2D eigenvalue weighted by Gasteiger charge is -2.25. The molecule has 1 aromatic carbocycles. The zero-order chi connectivity index (χ0) is 9.97. The van der Waals surface area contributed by atoms with Crippen molar-refractivity contribution in [3.8, 4) is 5.75 Å². The van der Waals surface area contributed by atoms with Crippen LogP contribution in [-0.4, -0.2) is 19.7 Å². The summed E-state index contributed by atoms with van der Waals surface area (Å²) in [5.41, 5.74) is 1.24. The fraction of sp³-hybridized carbons (Fsp3) is 0.500. The van der Waals surface area contributed by atoms with Crippen molar-refractivity contribution < 1.29 is 4.74 Å². The van der Waals surface area contributed by atoms with Gasteiger partial charge in [0, 0.05) is 12.6 Å². The first-order valence-electron chi connectivity index (χ1n) is 5.22. The predicted molar refractivity (Wildman–Crippen MR) is 59.0 cm³/mol. The van der Waals surface area contributed by atoms with Crippen LogP contribution in [0.2, 0.25) is 0 Å². The molecule has 0 spiro atoms. The van der Waals surface area contributed by atoms with Crippen LogP contribution in [0.15, 0.2) is 24.3 Å². The van der Waals surface area contributed by atoms with E-state index in [2.05, 4.69) is 24.0 Å². The summed E-state index contributed by atoms with van der Waals surface area (Å²) >= 11 is 0. The van der Waals surface area contributed by atoms with E-state index in [4.69, 9.17) is 4.74 Å². The van der Waals surface area contributed by atoms with Crippen molar-refractivity contribution in [1.29, 1.82) is 0 Å². The zero-order valence-electron chi connectivity index (χ0n) is 8.86. The molecule has 0 radical (unpaired) electrons. The summed E-state index contributed by atoms with van der Waals surface area (Å²) in [5.74, 6) is 0.987. The fourth-order valence-electron chi connectivity index (χ4n) is 2.16. The highest BCUT2D eigenvalue weighted by Crippen LogP contribution is 2.32. The number of ether oxygens (including phenoxy) is 1. The molecule has 1 fully saturated rings. The average molecular weight is 191 g/mol. The van der Waals surface area contributed by atoms with Crippen molar-refractivity contribution in [2.45, 2.75) is 25.8 Å². The van der Waals surface area contributed by atoms with E-state index in [0.717, 1.165) is 12.3 Å². The number of rotatable bonds is 2. The van der Waals surface area contributed by atoms with E-state index in [1.807, 2.05) is 12.1 Å². The third kappa shape index (κ3) is 1.57. The van der Waals surface area contributed by atoms with Crippen LogP contribution < -0.4 is 9.64 Å². The molecule has 0 amide bonds. The zero-order valence-corrected chi connectivity index (χ0v) is 8.86. The van der Waals surface area contributed by atoms with E-state index < -0.39 is 0 Å². The second-order valence-corrected chi connectivity index (χ2v) is 3.86. The van der Waals surface area contributed by atoms with Gasteiger partial charge in [-0.1, -0.05) is 12.1 Å². The maximum atomic E-state index is 5.36. The first-order valence-corrected chi connectivity index (χ1v) is 5.22. The van der Waals surface area contributed by atoms with Gasteiger partial charge in [0.25, 0.3) is 0 Å². The summed E-state index contributed by atoms with van der Waals surface area (Å²) in [6, 6.07) is 8.90. The summed E-state index contributed by atoms with van der Waals surface area (Å²) in [6.07, 6.45) is 2.58. The number of nitrogens with zero attached hydrogens (tertiary/aromatic N) is 1. The van der Waals surface area contributed by atoms with Gasteiger partial charge in [-0.15, -0.1) is 0 Å². The lowest BCUT2D eigenvalue weighted by Crippen LogP contribution is -2.26. The number of anilines is 1. The molecule has 0 saturated carbocycles. The first-order chi connectivity index (χ1) is 6.83. The van der Waals surface area contributed by atoms with Crippen LogP contribution in [0.3, 0.4) is 0 Å². The van der Waals surface area contributed by atoms with Gasteiger partial charge in [-0.25, -0.2) is 0 Å². The Labute approximate surface area is 85.5 Å². The molecule has 1 saturated heterocycles. The molecule has 1 atom stereocenters. The normalized spacial score (nSPS) is 21.3. The van der Waals surface area contributed by atoms with Gasteiger partial charge in [-0.3, -0.25) is 0 Å². The third-order valence-electron chi connectivity index (χ3n) is 2.95. The molecular weight excluding hydrogens is 174 g/mol. The fourth-order valence-corrected chi connectivity index (χ4v) is 2.16. The highest BCUT2D eigenvalue weighted by molar-refractivity contribution is 5.59. The highest BCUT2D eigenvalue weighted by Gasteiger charge is 2.22. The van der Waals surface area contributed by atoms with Crippen molar-refractivity contribution in [3.63, 3.8) is 0 Å². The topological polar surface area (TPSA) is 12.5 Å². The van der Waals surface area contributed by atoms with Gasteiger partial charge in [-0.05, 0) is 31.9 Å². The Morgan fingerprint density at radius 3 is 2.79 bits per heavy atom. The Bertz CT molecular complexity index is 311. The number of methoxy groups -OCH3 is 1. The lowest BCUT2D eigenvalue weighted by atomic mass is 10.2. The second-order valence-electron chi connectivity index (χ2n) is 3.86. The predicted octanol–water partition coefficient (Wildman–Crippen LogP) is 2.68. The molecule has 14 heavy (non-hydrogen) atoms. The number of hydrogen-bond donors (Lipinski definition) is 0. The molecule has 0 N–H and O–H groups in total. The number of benzene rings is 1. The molecule has 0 aromatic heterocycles. The minimum absolute atomic E-state index is 0.645. The minimum atomic E-state index is 0.645. The quantitative estimate of drug-likeness (QED) is 0.712. The van der Waals surface area contributed by atoms with E-state index in [1.54, 1.807) is 7.11 Å². The van der Waals surface area contributed by atoms with Gasteiger partial charge in [-0.2, -0.15) is 0 Å². The van der Waals surface area contributed by atoms with Crippen LogP contribution in [-0.2, 0) is 0 Å². The van der Waals surface area contributed by atoms with Crippen LogP contribution in [0.25, 0.3) is 0 Å². The number of para-hydroxylation sites is 2. The van der Waals surface area contributed by atoms with Crippen LogP contribution in [0, 0.1) is 0 Å². The average Bonchev–Trinajstić information content (AvgIpc) is 2.64. The van der Waals surface area contributed by atoms with Crippen molar-refractivity contribution in [1.82, 2.24) is 0 Å². The Morgan fingerprint density at radius 2 is 2.14 bits per heavy atom. The molecule has 0 aliphatic carbocycles. The summed E-state index contributed by atoms with van der Waals surface area (Å²) in [4.78, 5) is 2.43. The van der Waals surface area contributed by atoms with Crippen molar-refractivity contribution in [2.24, 2.45) is 0 Å². The molecule has 76 valence electrons. The van der Waals surface area contributed by atoms with Crippen molar-refractivity contribution in [2.75, 3.05) is 18.6 Å². The summed E-state index contributed by atoms with van der Waals surface area (Å²) in [7, 11) is 1.74. The summed E-state index contributed by atoms with van der Waals surface area (Å²) in [6.45, 7) is 3.43. The van der Waals surface area contributed by atoms with Gasteiger partial charge in [0.05, 0.1) is 12.8 Å². The third-order valence-corrected chi connectivity index (χ3v) is 2.95.